The van der Waals surface area contributed by atoms with E-state index < -0.39 is 12.1 Å². The molecular formula is C11H14O3. The van der Waals surface area contributed by atoms with Crippen molar-refractivity contribution in [2.75, 3.05) is 0 Å². The van der Waals surface area contributed by atoms with E-state index >= 15 is 0 Å². The van der Waals surface area contributed by atoms with Crippen LogP contribution in [0.2, 0.25) is 0 Å². The molecule has 0 aliphatic carbocycles. The number of carboxylic acids is 1. The maximum atomic E-state index is 10.4. The molecule has 0 amide bonds. The number of hydrogen-bond acceptors (Lipinski definition) is 2. The average molecular weight is 194 g/mol. The van der Waals surface area contributed by atoms with Crippen LogP contribution >= 0.6 is 0 Å². The Labute approximate surface area is 83.0 Å². The van der Waals surface area contributed by atoms with E-state index in [1.54, 1.807) is 6.07 Å². The molecule has 0 radical (unpaired) electrons. The first-order valence-electron chi connectivity index (χ1n) is 4.48. The van der Waals surface area contributed by atoms with Gasteiger partial charge in [-0.2, -0.15) is 0 Å². The molecule has 0 spiro atoms. The Balaban J connectivity index is 2.95. The highest BCUT2D eigenvalue weighted by Gasteiger charge is 2.14. The second-order valence-electron chi connectivity index (χ2n) is 3.40. The van der Waals surface area contributed by atoms with Crippen LogP contribution in [0.5, 0.6) is 0 Å². The molecule has 0 unspecified atom stereocenters. The molecule has 2 N–H and O–H groups in total. The summed E-state index contributed by atoms with van der Waals surface area (Å²) in [6, 6.07) is 5.52. The van der Waals surface area contributed by atoms with E-state index in [9.17, 15) is 9.90 Å². The van der Waals surface area contributed by atoms with Gasteiger partial charge in [0, 0.05) is 0 Å². The van der Waals surface area contributed by atoms with Crippen molar-refractivity contribution in [3.63, 3.8) is 0 Å². The van der Waals surface area contributed by atoms with Crippen molar-refractivity contribution in [2.24, 2.45) is 0 Å². The Morgan fingerprint density at radius 3 is 2.64 bits per heavy atom. The average Bonchev–Trinajstić information content (AvgIpc) is 2.08. The van der Waals surface area contributed by atoms with Crippen molar-refractivity contribution in [2.45, 2.75) is 26.4 Å². The van der Waals surface area contributed by atoms with Gasteiger partial charge in [-0.15, -0.1) is 0 Å². The number of aliphatic carboxylic acids is 1. The fraction of sp³-hybridized carbons (Fsp3) is 0.364. The summed E-state index contributed by atoms with van der Waals surface area (Å²) < 4.78 is 0. The number of aliphatic hydroxyl groups is 1. The van der Waals surface area contributed by atoms with Crippen LogP contribution in [-0.2, 0) is 4.79 Å². The highest BCUT2D eigenvalue weighted by molar-refractivity contribution is 5.67. The number of rotatable bonds is 3. The van der Waals surface area contributed by atoms with Gasteiger partial charge in [0.05, 0.1) is 12.5 Å². The van der Waals surface area contributed by atoms with Gasteiger partial charge in [-0.3, -0.25) is 4.79 Å². The van der Waals surface area contributed by atoms with Crippen molar-refractivity contribution >= 4 is 5.97 Å². The Bertz CT molecular complexity index is 344. The summed E-state index contributed by atoms with van der Waals surface area (Å²) >= 11 is 0. The van der Waals surface area contributed by atoms with Gasteiger partial charge >= 0.3 is 5.97 Å². The third-order valence-corrected chi connectivity index (χ3v) is 2.37. The first-order valence-corrected chi connectivity index (χ1v) is 4.48. The molecule has 3 nitrogen and oxygen atoms in total. The van der Waals surface area contributed by atoms with E-state index in [0.717, 1.165) is 11.1 Å². The van der Waals surface area contributed by atoms with Crippen molar-refractivity contribution in [3.8, 4) is 0 Å². The van der Waals surface area contributed by atoms with E-state index in [-0.39, 0.29) is 6.42 Å². The van der Waals surface area contributed by atoms with Crippen LogP contribution in [0.4, 0.5) is 0 Å². The minimum atomic E-state index is -0.988. The summed E-state index contributed by atoms with van der Waals surface area (Å²) in [6.07, 6.45) is -1.16. The molecule has 14 heavy (non-hydrogen) atoms. The smallest absolute Gasteiger partial charge is 0.306 e. The number of aryl methyl sites for hydroxylation is 1. The van der Waals surface area contributed by atoms with E-state index in [1.165, 1.54) is 0 Å². The second kappa shape index (κ2) is 4.24. The number of carboxylic acid groups (broad SMARTS) is 1. The normalized spacial score (nSPS) is 12.5. The highest BCUT2D eigenvalue weighted by atomic mass is 16.4. The first-order chi connectivity index (χ1) is 6.52. The van der Waals surface area contributed by atoms with Crippen LogP contribution < -0.4 is 0 Å². The molecule has 0 heterocycles. The van der Waals surface area contributed by atoms with Gasteiger partial charge in [-0.25, -0.2) is 0 Å². The van der Waals surface area contributed by atoms with Crippen molar-refractivity contribution in [1.29, 1.82) is 0 Å². The lowest BCUT2D eigenvalue weighted by Gasteiger charge is -2.13. The topological polar surface area (TPSA) is 57.5 Å². The SMILES string of the molecule is Cc1cccc([C@@H](O)CC(=O)O)c1C. The van der Waals surface area contributed by atoms with Crippen LogP contribution in [0.25, 0.3) is 0 Å². The van der Waals surface area contributed by atoms with Crippen molar-refractivity contribution in [3.05, 3.63) is 34.9 Å². The van der Waals surface area contributed by atoms with Crippen LogP contribution in [-0.4, -0.2) is 16.2 Å². The van der Waals surface area contributed by atoms with Crippen molar-refractivity contribution < 1.29 is 15.0 Å². The van der Waals surface area contributed by atoms with Crippen LogP contribution in [0.15, 0.2) is 18.2 Å². The maximum absolute atomic E-state index is 10.4. The third kappa shape index (κ3) is 2.33. The zero-order valence-electron chi connectivity index (χ0n) is 8.32. The van der Waals surface area contributed by atoms with Crippen molar-refractivity contribution in [1.82, 2.24) is 0 Å². The zero-order valence-corrected chi connectivity index (χ0v) is 8.32. The molecule has 0 bridgehead atoms. The highest BCUT2D eigenvalue weighted by Crippen LogP contribution is 2.22. The molecule has 0 saturated carbocycles. The van der Waals surface area contributed by atoms with Crippen LogP contribution in [0.1, 0.15) is 29.2 Å². The van der Waals surface area contributed by atoms with Gasteiger partial charge in [-0.1, -0.05) is 18.2 Å². The van der Waals surface area contributed by atoms with Crippen LogP contribution in [0, 0.1) is 13.8 Å². The summed E-state index contributed by atoms with van der Waals surface area (Å²) in [4.78, 5) is 10.4. The zero-order chi connectivity index (χ0) is 10.7. The maximum Gasteiger partial charge on any atom is 0.306 e. The molecule has 0 fully saturated rings. The summed E-state index contributed by atoms with van der Waals surface area (Å²) in [5.41, 5.74) is 2.72. The van der Waals surface area contributed by atoms with Gasteiger partial charge in [0.1, 0.15) is 0 Å². The van der Waals surface area contributed by atoms with E-state index in [1.807, 2.05) is 26.0 Å². The summed E-state index contributed by atoms with van der Waals surface area (Å²) in [5.74, 6) is -0.988. The fourth-order valence-corrected chi connectivity index (χ4v) is 1.41. The summed E-state index contributed by atoms with van der Waals surface area (Å²) in [7, 11) is 0. The van der Waals surface area contributed by atoms with Crippen LogP contribution in [0.3, 0.4) is 0 Å². The predicted octanol–water partition coefficient (Wildman–Crippen LogP) is 1.81. The molecule has 0 aliphatic rings. The molecule has 0 saturated heterocycles. The lowest BCUT2D eigenvalue weighted by Crippen LogP contribution is -2.07. The minimum Gasteiger partial charge on any atom is -0.481 e. The summed E-state index contributed by atoms with van der Waals surface area (Å²) in [5, 5.41) is 18.2. The molecule has 0 aliphatic heterocycles. The van der Waals surface area contributed by atoms with Gasteiger partial charge < -0.3 is 10.2 Å². The Kier molecular flexibility index (Phi) is 3.25. The molecule has 1 aromatic carbocycles. The quantitative estimate of drug-likeness (QED) is 0.771. The molecule has 0 aromatic heterocycles. The Morgan fingerprint density at radius 1 is 1.43 bits per heavy atom. The number of aliphatic hydroxyl groups excluding tert-OH is 1. The lowest BCUT2D eigenvalue weighted by molar-refractivity contribution is -0.139. The monoisotopic (exact) mass is 194 g/mol. The number of hydrogen-bond donors (Lipinski definition) is 2. The third-order valence-electron chi connectivity index (χ3n) is 2.37. The second-order valence-corrected chi connectivity index (χ2v) is 3.40. The Morgan fingerprint density at radius 2 is 2.07 bits per heavy atom. The molecule has 1 atom stereocenters. The van der Waals surface area contributed by atoms with Gasteiger partial charge in [0.25, 0.3) is 0 Å². The Hall–Kier alpha value is -1.35. The van der Waals surface area contributed by atoms with Gasteiger partial charge in [0.15, 0.2) is 0 Å². The standard InChI is InChI=1S/C11H14O3/c1-7-4-3-5-9(8(7)2)10(12)6-11(13)14/h3-5,10,12H,6H2,1-2H3,(H,13,14)/t10-/m0/s1. The molecule has 3 heteroatoms. The number of carbonyl (C=O) groups is 1. The minimum absolute atomic E-state index is 0.246. The summed E-state index contributed by atoms with van der Waals surface area (Å²) in [6.45, 7) is 3.82. The largest absolute Gasteiger partial charge is 0.481 e. The molecule has 76 valence electrons. The molecule has 1 aromatic rings. The van der Waals surface area contributed by atoms with E-state index in [0.29, 0.717) is 5.56 Å². The predicted molar refractivity (Wildman–Crippen MR) is 53.1 cm³/mol. The van der Waals surface area contributed by atoms with E-state index in [2.05, 4.69) is 0 Å². The van der Waals surface area contributed by atoms with E-state index in [4.69, 9.17) is 5.11 Å². The van der Waals surface area contributed by atoms with Gasteiger partial charge in [-0.05, 0) is 30.5 Å². The molecule has 1 rings (SSSR count). The number of benzene rings is 1. The van der Waals surface area contributed by atoms with Gasteiger partial charge in [0.2, 0.25) is 0 Å². The molecular weight excluding hydrogens is 180 g/mol. The lowest BCUT2D eigenvalue weighted by atomic mass is 9.98. The first kappa shape index (κ1) is 10.7. The fourth-order valence-electron chi connectivity index (χ4n) is 1.41.